The molecule has 0 aromatic carbocycles. The van der Waals surface area contributed by atoms with Crippen LogP contribution < -0.4 is 0 Å². The number of unbranched alkanes of at least 4 members (excludes halogenated alkanes) is 60. The first-order valence-electron chi connectivity index (χ1n) is 48.1. The van der Waals surface area contributed by atoms with Gasteiger partial charge in [-0.25, -0.2) is 9.13 Å². The summed E-state index contributed by atoms with van der Waals surface area (Å²) in [6.07, 6.45) is 79.2. The molecule has 0 saturated heterocycles. The summed E-state index contributed by atoms with van der Waals surface area (Å²) in [6, 6.07) is 0. The molecule has 0 amide bonds. The average molecular weight is 1630 g/mol. The maximum absolute atomic E-state index is 13.2. The van der Waals surface area contributed by atoms with Crippen LogP contribution in [0.25, 0.3) is 0 Å². The Bertz CT molecular complexity index is 2140. The molecule has 0 radical (unpaired) electrons. The van der Waals surface area contributed by atoms with Crippen molar-refractivity contribution < 1.29 is 80.2 Å². The Balaban J connectivity index is 5.25. The molecule has 17 nitrogen and oxygen atoms in total. The molecular weight excluding hydrogens is 1450 g/mol. The second-order valence-corrected chi connectivity index (χ2v) is 36.8. The van der Waals surface area contributed by atoms with E-state index in [0.717, 1.165) is 102 Å². The van der Waals surface area contributed by atoms with Gasteiger partial charge in [0.25, 0.3) is 0 Å². The van der Waals surface area contributed by atoms with Crippen LogP contribution in [0.1, 0.15) is 504 Å². The molecule has 7 atom stereocenters. The Morgan fingerprint density at radius 1 is 0.250 bits per heavy atom. The quantitative estimate of drug-likeness (QED) is 0.0222. The van der Waals surface area contributed by atoms with Gasteiger partial charge in [-0.2, -0.15) is 0 Å². The lowest BCUT2D eigenvalue weighted by Gasteiger charge is -2.21. The Hall–Kier alpha value is -1.94. The number of esters is 4. The molecule has 4 unspecified atom stereocenters. The number of carbonyl (C=O) groups excluding carboxylic acids is 4. The first-order chi connectivity index (χ1) is 54.4. The van der Waals surface area contributed by atoms with Gasteiger partial charge < -0.3 is 33.8 Å². The van der Waals surface area contributed by atoms with Crippen molar-refractivity contribution in [2.75, 3.05) is 39.6 Å². The number of rotatable bonds is 92. The van der Waals surface area contributed by atoms with E-state index in [-0.39, 0.29) is 25.7 Å². The fourth-order valence-corrected chi connectivity index (χ4v) is 16.2. The van der Waals surface area contributed by atoms with E-state index in [9.17, 15) is 43.2 Å². The monoisotopic (exact) mass is 1630 g/mol. The zero-order chi connectivity index (χ0) is 82.0. The van der Waals surface area contributed by atoms with E-state index in [1.54, 1.807) is 0 Å². The minimum absolute atomic E-state index is 0.108. The molecule has 0 aliphatic carbocycles. The number of ether oxygens (including phenoxy) is 4. The highest BCUT2D eigenvalue weighted by atomic mass is 31.2. The number of carbonyl (C=O) groups is 4. The summed E-state index contributed by atoms with van der Waals surface area (Å²) in [7, 11) is -9.94. The van der Waals surface area contributed by atoms with Crippen molar-refractivity contribution in [3.05, 3.63) is 0 Å². The Morgan fingerprint density at radius 3 is 0.634 bits per heavy atom. The number of aliphatic hydroxyl groups is 1. The van der Waals surface area contributed by atoms with Crippen LogP contribution in [0.15, 0.2) is 0 Å². The van der Waals surface area contributed by atoms with Crippen LogP contribution in [0.3, 0.4) is 0 Å². The number of aliphatic hydroxyl groups excluding tert-OH is 1. The molecular formula is C93H182O17P2. The number of hydrogen-bond acceptors (Lipinski definition) is 15. The lowest BCUT2D eigenvalue weighted by molar-refractivity contribution is -0.161. The maximum Gasteiger partial charge on any atom is 0.472 e. The fourth-order valence-electron chi connectivity index (χ4n) is 14.6. The molecule has 0 saturated carbocycles. The average Bonchev–Trinajstić information content (AvgIpc) is 0.902. The summed E-state index contributed by atoms with van der Waals surface area (Å²) in [5.41, 5.74) is 0. The van der Waals surface area contributed by atoms with Crippen molar-refractivity contribution in [2.45, 2.75) is 522 Å². The van der Waals surface area contributed by atoms with Gasteiger partial charge in [0, 0.05) is 25.7 Å². The Labute approximate surface area is 689 Å². The van der Waals surface area contributed by atoms with Gasteiger partial charge in [-0.15, -0.1) is 0 Å². The van der Waals surface area contributed by atoms with Crippen LogP contribution >= 0.6 is 15.6 Å². The molecule has 112 heavy (non-hydrogen) atoms. The second-order valence-electron chi connectivity index (χ2n) is 33.9. The van der Waals surface area contributed by atoms with E-state index in [1.165, 1.54) is 321 Å². The maximum atomic E-state index is 13.2. The van der Waals surface area contributed by atoms with Crippen molar-refractivity contribution in [1.29, 1.82) is 0 Å². The molecule has 19 heteroatoms. The SMILES string of the molecule is CCCCCCCCCCCCCCCCCCCCCCCCC(=O)O[C@H](COC(=O)CCCCCCCCCCCCCCCCCCCCCC)COP(=O)(O)OC[C@@H](O)COP(=O)(O)OC[C@@H](COC(=O)CCCCCCCCCCC(C)CC)OC(=O)CCCCCCCCCCCCCCCCC(C)CC. The van der Waals surface area contributed by atoms with Gasteiger partial charge in [-0.1, -0.05) is 452 Å². The molecule has 0 aromatic heterocycles. The predicted molar refractivity (Wildman–Crippen MR) is 465 cm³/mol. The first kappa shape index (κ1) is 110. The smallest absolute Gasteiger partial charge is 0.462 e. The second kappa shape index (κ2) is 84.1. The van der Waals surface area contributed by atoms with Crippen LogP contribution in [0.5, 0.6) is 0 Å². The van der Waals surface area contributed by atoms with Crippen LogP contribution in [0.4, 0.5) is 0 Å². The molecule has 0 aliphatic heterocycles. The molecule has 0 aliphatic rings. The highest BCUT2D eigenvalue weighted by molar-refractivity contribution is 7.47. The summed E-state index contributed by atoms with van der Waals surface area (Å²) in [4.78, 5) is 73.5. The predicted octanol–water partition coefficient (Wildman–Crippen LogP) is 29.0. The normalized spacial score (nSPS) is 14.2. The van der Waals surface area contributed by atoms with E-state index < -0.39 is 97.5 Å². The zero-order valence-electron chi connectivity index (χ0n) is 74.0. The third-order valence-corrected chi connectivity index (χ3v) is 24.6. The zero-order valence-corrected chi connectivity index (χ0v) is 75.8. The number of hydrogen-bond donors (Lipinski definition) is 3. The summed E-state index contributed by atoms with van der Waals surface area (Å²) in [6.45, 7) is 9.77. The van der Waals surface area contributed by atoms with Crippen LogP contribution in [0.2, 0.25) is 0 Å². The van der Waals surface area contributed by atoms with E-state index in [1.807, 2.05) is 0 Å². The molecule has 0 bridgehead atoms. The summed E-state index contributed by atoms with van der Waals surface area (Å²) >= 11 is 0. The van der Waals surface area contributed by atoms with E-state index >= 15 is 0 Å². The standard InChI is InChI=1S/C93H182O17P2/c1-7-11-13-15-17-19-21-23-25-27-29-31-32-34-36-38-43-47-51-59-65-71-77-92(97)109-88(81-103-90(95)75-69-63-57-50-46-42-37-35-33-30-28-26-24-22-20-18-16-14-12-8-2)83-107-111(99,100)105-79-87(94)80-106-112(101,102)108-84-89(82-104-91(96)76-70-64-58-54-53-56-62-68-74-86(6)10-4)110-93(98)78-72-66-60-52-48-44-40-39-41-45-49-55-61-67-73-85(5)9-3/h85-89,94H,7-84H2,1-6H3,(H,99,100)(H,101,102)/t85?,86?,87-,88-,89-/m1/s1. The van der Waals surface area contributed by atoms with Gasteiger partial charge in [0.05, 0.1) is 26.4 Å². The largest absolute Gasteiger partial charge is 0.472 e. The first-order valence-corrected chi connectivity index (χ1v) is 51.1. The van der Waals surface area contributed by atoms with Crippen LogP contribution in [-0.2, 0) is 65.4 Å². The third-order valence-electron chi connectivity index (χ3n) is 22.7. The summed E-state index contributed by atoms with van der Waals surface area (Å²) in [5, 5.41) is 10.7. The van der Waals surface area contributed by atoms with E-state index in [2.05, 4.69) is 41.5 Å². The summed E-state index contributed by atoms with van der Waals surface area (Å²) < 4.78 is 69.1. The molecule has 0 aromatic rings. The topological polar surface area (TPSA) is 237 Å². The van der Waals surface area contributed by atoms with E-state index in [4.69, 9.17) is 37.0 Å². The van der Waals surface area contributed by atoms with E-state index in [0.29, 0.717) is 25.7 Å². The lowest BCUT2D eigenvalue weighted by atomic mass is 9.99. The highest BCUT2D eigenvalue weighted by Gasteiger charge is 2.31. The fraction of sp³-hybridized carbons (Fsp3) is 0.957. The number of phosphoric ester groups is 2. The van der Waals surface area contributed by atoms with Crippen LogP contribution in [-0.4, -0.2) is 96.7 Å². The van der Waals surface area contributed by atoms with Gasteiger partial charge in [-0.05, 0) is 37.5 Å². The van der Waals surface area contributed by atoms with Gasteiger partial charge >= 0.3 is 39.5 Å². The molecule has 3 N–H and O–H groups in total. The van der Waals surface area contributed by atoms with Gasteiger partial charge in [0.1, 0.15) is 19.3 Å². The Morgan fingerprint density at radius 2 is 0.429 bits per heavy atom. The third kappa shape index (κ3) is 83.1. The van der Waals surface area contributed by atoms with Crippen molar-refractivity contribution in [3.63, 3.8) is 0 Å². The number of phosphoric acid groups is 2. The van der Waals surface area contributed by atoms with Crippen LogP contribution in [0, 0.1) is 11.8 Å². The summed E-state index contributed by atoms with van der Waals surface area (Å²) in [5.74, 6) is -0.472. The van der Waals surface area contributed by atoms with Crippen molar-refractivity contribution >= 4 is 39.5 Å². The molecule has 0 heterocycles. The highest BCUT2D eigenvalue weighted by Crippen LogP contribution is 2.45. The lowest BCUT2D eigenvalue weighted by Crippen LogP contribution is -2.30. The van der Waals surface area contributed by atoms with Crippen molar-refractivity contribution in [3.8, 4) is 0 Å². The molecule has 0 rings (SSSR count). The molecule has 0 spiro atoms. The molecule has 0 fully saturated rings. The van der Waals surface area contributed by atoms with Gasteiger partial charge in [0.2, 0.25) is 0 Å². The minimum atomic E-state index is -4.97. The molecule has 666 valence electrons. The van der Waals surface area contributed by atoms with Crippen molar-refractivity contribution in [2.24, 2.45) is 11.8 Å². The van der Waals surface area contributed by atoms with Gasteiger partial charge in [-0.3, -0.25) is 37.3 Å². The minimum Gasteiger partial charge on any atom is -0.462 e. The van der Waals surface area contributed by atoms with Crippen molar-refractivity contribution in [1.82, 2.24) is 0 Å². The van der Waals surface area contributed by atoms with Gasteiger partial charge in [0.15, 0.2) is 12.2 Å². The Kier molecular flexibility index (Phi) is 82.6.